The lowest BCUT2D eigenvalue weighted by Crippen LogP contribution is -2.42. The molecule has 4 rings (SSSR count). The van der Waals surface area contributed by atoms with E-state index >= 15 is 0 Å². The molecule has 2 amide bonds. The zero-order valence-electron chi connectivity index (χ0n) is 18.1. The van der Waals surface area contributed by atoms with E-state index in [-0.39, 0.29) is 48.1 Å². The number of nitrogens with one attached hydrogen (secondary N) is 1. The highest BCUT2D eigenvalue weighted by Gasteiger charge is 2.37. The molecule has 2 aliphatic heterocycles. The third kappa shape index (κ3) is 5.77. The molecule has 0 aliphatic carbocycles. The van der Waals surface area contributed by atoms with Gasteiger partial charge in [0.2, 0.25) is 5.91 Å². The minimum absolute atomic E-state index is 0.00562. The smallest absolute Gasteiger partial charge is 0.387 e. The highest BCUT2D eigenvalue weighted by atomic mass is 32.2. The Morgan fingerprint density at radius 2 is 1.94 bits per heavy atom. The normalized spacial score (nSPS) is 19.7. The van der Waals surface area contributed by atoms with Crippen molar-refractivity contribution in [2.45, 2.75) is 38.3 Å². The summed E-state index contributed by atoms with van der Waals surface area (Å²) >= 11 is 0. The Kier molecular flexibility index (Phi) is 6.92. The Hall–Kier alpha value is -3.34. The summed E-state index contributed by atoms with van der Waals surface area (Å²) in [6.07, 6.45) is 0.750. The maximum Gasteiger partial charge on any atom is 0.387 e. The minimum atomic E-state index is -3.23. The van der Waals surface area contributed by atoms with Crippen LogP contribution < -0.4 is 10.1 Å². The molecule has 2 aliphatic rings. The molecule has 0 aromatic heterocycles. The highest BCUT2D eigenvalue weighted by molar-refractivity contribution is 7.91. The van der Waals surface area contributed by atoms with Gasteiger partial charge in [0.05, 0.1) is 17.5 Å². The maximum atomic E-state index is 12.9. The van der Waals surface area contributed by atoms with E-state index in [9.17, 15) is 26.8 Å². The fourth-order valence-corrected chi connectivity index (χ4v) is 5.71. The van der Waals surface area contributed by atoms with E-state index in [1.807, 2.05) is 30.3 Å². The van der Waals surface area contributed by atoms with Crippen molar-refractivity contribution >= 4 is 33.1 Å². The zero-order valence-corrected chi connectivity index (χ0v) is 18.9. The van der Waals surface area contributed by atoms with E-state index < -0.39 is 28.4 Å². The number of nitrogens with zero attached hydrogens (tertiary/aromatic N) is 2. The second kappa shape index (κ2) is 9.88. The third-order valence-corrected chi connectivity index (χ3v) is 7.40. The quantitative estimate of drug-likeness (QED) is 0.641. The number of hydrogen-bond donors (Lipinski definition) is 1. The largest absolute Gasteiger partial charge is 0.435 e. The van der Waals surface area contributed by atoms with Gasteiger partial charge >= 0.3 is 6.61 Å². The number of alkyl halides is 2. The van der Waals surface area contributed by atoms with Gasteiger partial charge in [0.1, 0.15) is 11.5 Å². The Morgan fingerprint density at radius 3 is 2.62 bits per heavy atom. The van der Waals surface area contributed by atoms with Crippen molar-refractivity contribution in [1.29, 1.82) is 0 Å². The molecule has 2 aromatic rings. The number of hydrazone groups is 1. The van der Waals surface area contributed by atoms with Crippen LogP contribution in [0, 0.1) is 0 Å². The molecule has 1 atom stereocenters. The number of amides is 2. The zero-order chi connectivity index (χ0) is 24.3. The fraction of sp³-hybridized carbons (Fsp3) is 0.348. The molecule has 1 saturated heterocycles. The number of benzene rings is 2. The van der Waals surface area contributed by atoms with Crippen molar-refractivity contribution in [2.75, 3.05) is 16.8 Å². The van der Waals surface area contributed by atoms with Crippen LogP contribution in [0.3, 0.4) is 0 Å². The van der Waals surface area contributed by atoms with Crippen LogP contribution in [0.15, 0.2) is 53.6 Å². The molecule has 1 unspecified atom stereocenters. The van der Waals surface area contributed by atoms with Crippen LogP contribution in [0.5, 0.6) is 5.75 Å². The van der Waals surface area contributed by atoms with Gasteiger partial charge in [0, 0.05) is 30.5 Å². The molecular weight excluding hydrogens is 468 g/mol. The van der Waals surface area contributed by atoms with Gasteiger partial charge in [-0.05, 0) is 30.2 Å². The molecule has 8 nitrogen and oxygen atoms in total. The van der Waals surface area contributed by atoms with Crippen molar-refractivity contribution in [3.63, 3.8) is 0 Å². The summed E-state index contributed by atoms with van der Waals surface area (Å²) in [5.74, 6) is -1.06. The highest BCUT2D eigenvalue weighted by Crippen LogP contribution is 2.28. The Bertz CT molecular complexity index is 1220. The summed E-state index contributed by atoms with van der Waals surface area (Å²) in [7, 11) is -3.23. The average Bonchev–Trinajstić information content (AvgIpc) is 3.15. The lowest BCUT2D eigenvalue weighted by atomic mass is 10.0. The van der Waals surface area contributed by atoms with Crippen LogP contribution in [-0.4, -0.2) is 55.1 Å². The molecule has 0 bridgehead atoms. The molecule has 1 N–H and O–H groups in total. The number of carbonyl (C=O) groups excluding carboxylic acids is 2. The fourth-order valence-electron chi connectivity index (χ4n) is 4.01. The van der Waals surface area contributed by atoms with E-state index in [0.29, 0.717) is 17.7 Å². The number of anilines is 1. The van der Waals surface area contributed by atoms with E-state index in [2.05, 4.69) is 15.2 Å². The predicted octanol–water partition coefficient (Wildman–Crippen LogP) is 2.98. The molecule has 0 spiro atoms. The molecule has 0 radical (unpaired) electrons. The van der Waals surface area contributed by atoms with Gasteiger partial charge < -0.3 is 10.1 Å². The second-order valence-electron chi connectivity index (χ2n) is 8.16. The van der Waals surface area contributed by atoms with Gasteiger partial charge in [-0.1, -0.05) is 30.3 Å². The van der Waals surface area contributed by atoms with Gasteiger partial charge in [-0.15, -0.1) is 0 Å². The molecule has 1 fully saturated rings. The van der Waals surface area contributed by atoms with E-state index in [1.165, 1.54) is 12.1 Å². The Morgan fingerprint density at radius 1 is 1.18 bits per heavy atom. The number of hydrogen-bond acceptors (Lipinski definition) is 6. The van der Waals surface area contributed by atoms with Crippen molar-refractivity contribution in [1.82, 2.24) is 5.01 Å². The minimum Gasteiger partial charge on any atom is -0.435 e. The number of halogens is 2. The molecule has 2 aromatic carbocycles. The summed E-state index contributed by atoms with van der Waals surface area (Å²) in [6.45, 7) is -2.99. The third-order valence-electron chi connectivity index (χ3n) is 5.65. The summed E-state index contributed by atoms with van der Waals surface area (Å²) in [6, 6.07) is 13.0. The van der Waals surface area contributed by atoms with E-state index in [4.69, 9.17) is 0 Å². The van der Waals surface area contributed by atoms with Gasteiger partial charge in [0.25, 0.3) is 5.91 Å². The van der Waals surface area contributed by atoms with Crippen LogP contribution in [0.1, 0.15) is 30.4 Å². The summed E-state index contributed by atoms with van der Waals surface area (Å²) in [4.78, 5) is 25.1. The molecule has 0 saturated carbocycles. The first-order valence-electron chi connectivity index (χ1n) is 10.7. The standard InChI is InChI=1S/C23H23F2N3O5S/c24-23(25)33-20-8-6-17(13-16(20)12-15-4-2-1-3-5-15)26-22(30)19-7-9-21(29)28(27-19)18-10-11-34(31,32)14-18/h1-6,8,13,18,23H,7,9-12,14H2,(H,26,30). The second-order valence-corrected chi connectivity index (χ2v) is 10.4. The van der Waals surface area contributed by atoms with E-state index in [0.717, 1.165) is 10.6 Å². The van der Waals surface area contributed by atoms with Crippen molar-refractivity contribution < 1.29 is 31.5 Å². The van der Waals surface area contributed by atoms with Crippen LogP contribution in [0.25, 0.3) is 0 Å². The maximum absolute atomic E-state index is 12.9. The van der Waals surface area contributed by atoms with Gasteiger partial charge in [-0.3, -0.25) is 9.59 Å². The topological polar surface area (TPSA) is 105 Å². The summed E-state index contributed by atoms with van der Waals surface area (Å²) in [5, 5.41) is 7.96. The first kappa shape index (κ1) is 23.8. The van der Waals surface area contributed by atoms with Crippen LogP contribution in [-0.2, 0) is 25.8 Å². The molecule has 34 heavy (non-hydrogen) atoms. The van der Waals surface area contributed by atoms with Crippen LogP contribution >= 0.6 is 0 Å². The summed E-state index contributed by atoms with van der Waals surface area (Å²) in [5.41, 5.74) is 1.79. The number of carbonyl (C=O) groups is 2. The molecule has 180 valence electrons. The van der Waals surface area contributed by atoms with Gasteiger partial charge in [-0.2, -0.15) is 13.9 Å². The van der Waals surface area contributed by atoms with E-state index in [1.54, 1.807) is 6.07 Å². The molecular formula is C23H23F2N3O5S. The Balaban J connectivity index is 1.53. The average molecular weight is 492 g/mol. The first-order valence-corrected chi connectivity index (χ1v) is 12.6. The van der Waals surface area contributed by atoms with Crippen molar-refractivity contribution in [2.24, 2.45) is 5.10 Å². The van der Waals surface area contributed by atoms with Gasteiger partial charge in [-0.25, -0.2) is 13.4 Å². The summed E-state index contributed by atoms with van der Waals surface area (Å²) < 4.78 is 53.9. The van der Waals surface area contributed by atoms with Gasteiger partial charge in [0.15, 0.2) is 9.84 Å². The lowest BCUT2D eigenvalue weighted by molar-refractivity contribution is -0.133. The lowest BCUT2D eigenvalue weighted by Gasteiger charge is -2.27. The monoisotopic (exact) mass is 491 g/mol. The molecule has 2 heterocycles. The van der Waals surface area contributed by atoms with Crippen LogP contribution in [0.2, 0.25) is 0 Å². The Labute approximate surface area is 195 Å². The SMILES string of the molecule is O=C(Nc1ccc(OC(F)F)c(Cc2ccccc2)c1)C1=NN(C2CCS(=O)(=O)C2)C(=O)CC1. The van der Waals surface area contributed by atoms with Crippen LogP contribution in [0.4, 0.5) is 14.5 Å². The first-order chi connectivity index (χ1) is 16.2. The molecule has 11 heteroatoms. The van der Waals surface area contributed by atoms with Crippen molar-refractivity contribution in [3.05, 3.63) is 59.7 Å². The number of sulfone groups is 1. The predicted molar refractivity (Wildman–Crippen MR) is 122 cm³/mol. The van der Waals surface area contributed by atoms with Crippen molar-refractivity contribution in [3.8, 4) is 5.75 Å². The number of ether oxygens (including phenoxy) is 1. The number of rotatable bonds is 7.